The predicted molar refractivity (Wildman–Crippen MR) is 147 cm³/mol. The topological polar surface area (TPSA) is 92.2 Å². The van der Waals surface area contributed by atoms with Crippen LogP contribution in [0.5, 0.6) is 5.75 Å². The maximum atomic E-state index is 13.5. The second kappa shape index (κ2) is 10.7. The van der Waals surface area contributed by atoms with E-state index in [1.54, 1.807) is 23.9 Å². The third kappa shape index (κ3) is 5.10. The number of ether oxygens (including phenoxy) is 1. The van der Waals surface area contributed by atoms with Crippen LogP contribution in [0, 0.1) is 5.82 Å². The molecule has 0 aliphatic carbocycles. The quantitative estimate of drug-likeness (QED) is 0.347. The van der Waals surface area contributed by atoms with E-state index in [1.165, 1.54) is 12.1 Å². The van der Waals surface area contributed by atoms with Crippen molar-refractivity contribution >= 4 is 16.6 Å². The van der Waals surface area contributed by atoms with Crippen LogP contribution in [0.3, 0.4) is 0 Å². The number of benzene rings is 3. The van der Waals surface area contributed by atoms with Gasteiger partial charge in [-0.2, -0.15) is 0 Å². The number of hydrogen-bond acceptors (Lipinski definition) is 7. The zero-order valence-corrected chi connectivity index (χ0v) is 21.5. The van der Waals surface area contributed by atoms with Crippen molar-refractivity contribution in [3.05, 3.63) is 112 Å². The highest BCUT2D eigenvalue weighted by Crippen LogP contribution is 2.30. The summed E-state index contributed by atoms with van der Waals surface area (Å²) >= 11 is 0. The van der Waals surface area contributed by atoms with Crippen LogP contribution in [0.25, 0.3) is 10.9 Å². The molecule has 1 aliphatic heterocycles. The molecule has 9 nitrogen and oxygen atoms in total. The molecule has 1 saturated heterocycles. The summed E-state index contributed by atoms with van der Waals surface area (Å²) in [6.45, 7) is 3.23. The van der Waals surface area contributed by atoms with Gasteiger partial charge in [-0.3, -0.25) is 9.69 Å². The highest BCUT2D eigenvalue weighted by atomic mass is 19.1. The number of fused-ring (bicyclic) bond motifs is 1. The lowest BCUT2D eigenvalue weighted by molar-refractivity contribution is 0.200. The number of rotatable bonds is 7. The fraction of sp³-hybridized carbons (Fsp3) is 0.241. The molecule has 0 bridgehead atoms. The van der Waals surface area contributed by atoms with E-state index >= 15 is 0 Å². The minimum atomic E-state index is -0.474. The highest BCUT2D eigenvalue weighted by Gasteiger charge is 2.33. The van der Waals surface area contributed by atoms with Crippen LogP contribution < -0.4 is 15.2 Å². The first-order chi connectivity index (χ1) is 19.1. The number of halogens is 1. The number of pyridine rings is 1. The predicted octanol–water partition coefficient (Wildman–Crippen LogP) is 3.62. The van der Waals surface area contributed by atoms with Crippen LogP contribution in [0.4, 0.5) is 10.1 Å². The molecule has 2 aromatic heterocycles. The highest BCUT2D eigenvalue weighted by molar-refractivity contribution is 5.80. The normalized spacial score (nSPS) is 15.0. The Morgan fingerprint density at radius 2 is 1.74 bits per heavy atom. The molecule has 1 aliphatic rings. The van der Waals surface area contributed by atoms with Crippen LogP contribution in [-0.4, -0.2) is 63.4 Å². The van der Waals surface area contributed by atoms with E-state index in [4.69, 9.17) is 4.74 Å². The minimum Gasteiger partial charge on any atom is -0.497 e. The summed E-state index contributed by atoms with van der Waals surface area (Å²) in [6, 6.07) is 23.5. The molecule has 1 atom stereocenters. The average molecular weight is 526 g/mol. The van der Waals surface area contributed by atoms with Crippen molar-refractivity contribution in [2.24, 2.45) is 0 Å². The number of methoxy groups -OCH3 is 1. The first-order valence-electron chi connectivity index (χ1n) is 12.8. The Bertz CT molecular complexity index is 1630. The number of piperazine rings is 1. The second-order valence-corrected chi connectivity index (χ2v) is 9.59. The number of hydrogen-bond donors (Lipinski definition) is 1. The molecule has 0 amide bonds. The number of H-pyrrole nitrogens is 1. The van der Waals surface area contributed by atoms with E-state index in [0.717, 1.165) is 22.2 Å². The largest absolute Gasteiger partial charge is 0.497 e. The van der Waals surface area contributed by atoms with Gasteiger partial charge in [0.15, 0.2) is 5.82 Å². The second-order valence-electron chi connectivity index (χ2n) is 9.59. The fourth-order valence-corrected chi connectivity index (χ4v) is 5.20. The van der Waals surface area contributed by atoms with Gasteiger partial charge in [0.05, 0.1) is 13.7 Å². The van der Waals surface area contributed by atoms with Crippen molar-refractivity contribution in [2.45, 2.75) is 12.6 Å². The van der Waals surface area contributed by atoms with E-state index in [0.29, 0.717) is 49.9 Å². The summed E-state index contributed by atoms with van der Waals surface area (Å²) in [5.41, 5.74) is 3.14. The fourth-order valence-electron chi connectivity index (χ4n) is 5.20. The number of nitrogens with one attached hydrogen (secondary N) is 1. The number of nitrogens with zero attached hydrogens (tertiary/aromatic N) is 6. The molecule has 10 heteroatoms. The average Bonchev–Trinajstić information content (AvgIpc) is 3.42. The Kier molecular flexibility index (Phi) is 6.76. The van der Waals surface area contributed by atoms with Crippen LogP contribution in [-0.2, 0) is 6.54 Å². The molecule has 0 saturated carbocycles. The van der Waals surface area contributed by atoms with Gasteiger partial charge in [0.1, 0.15) is 17.6 Å². The lowest BCUT2D eigenvalue weighted by atomic mass is 10.0. The maximum Gasteiger partial charge on any atom is 0.253 e. The third-order valence-corrected chi connectivity index (χ3v) is 7.23. The summed E-state index contributed by atoms with van der Waals surface area (Å²) < 4.78 is 20.7. The van der Waals surface area contributed by atoms with E-state index in [-0.39, 0.29) is 11.4 Å². The maximum absolute atomic E-state index is 13.5. The van der Waals surface area contributed by atoms with Crippen molar-refractivity contribution in [2.75, 3.05) is 38.2 Å². The zero-order chi connectivity index (χ0) is 26.8. The van der Waals surface area contributed by atoms with E-state index in [2.05, 4.69) is 30.3 Å². The van der Waals surface area contributed by atoms with Crippen molar-refractivity contribution in [3.63, 3.8) is 0 Å². The van der Waals surface area contributed by atoms with Gasteiger partial charge in [-0.05, 0) is 64.5 Å². The first kappa shape index (κ1) is 24.7. The molecule has 3 aromatic carbocycles. The molecule has 1 fully saturated rings. The Morgan fingerprint density at radius 3 is 2.49 bits per heavy atom. The summed E-state index contributed by atoms with van der Waals surface area (Å²) in [6.07, 6.45) is 0. The molecular weight excluding hydrogens is 497 g/mol. The zero-order valence-electron chi connectivity index (χ0n) is 21.5. The number of aromatic nitrogens is 5. The van der Waals surface area contributed by atoms with Gasteiger partial charge in [-0.25, -0.2) is 9.07 Å². The van der Waals surface area contributed by atoms with Crippen molar-refractivity contribution < 1.29 is 9.13 Å². The van der Waals surface area contributed by atoms with Gasteiger partial charge in [0, 0.05) is 48.3 Å². The summed E-state index contributed by atoms with van der Waals surface area (Å²) in [5, 5.41) is 13.6. The summed E-state index contributed by atoms with van der Waals surface area (Å²) in [7, 11) is 1.62. The molecule has 0 radical (unpaired) electrons. The lowest BCUT2D eigenvalue weighted by Crippen LogP contribution is -2.49. The molecule has 198 valence electrons. The van der Waals surface area contributed by atoms with Gasteiger partial charge in [0.25, 0.3) is 5.56 Å². The lowest BCUT2D eigenvalue weighted by Gasteiger charge is -2.39. The first-order valence-corrected chi connectivity index (χ1v) is 12.8. The van der Waals surface area contributed by atoms with Crippen LogP contribution >= 0.6 is 0 Å². The number of tetrazole rings is 1. The van der Waals surface area contributed by atoms with Gasteiger partial charge >= 0.3 is 0 Å². The third-order valence-electron chi connectivity index (χ3n) is 7.23. The minimum absolute atomic E-state index is 0.187. The standard InChI is InChI=1S/C29H28FN7O2/c1-39-24-11-12-26-21(17-24)18-25(29(38)31-26)27(28-32-33-34-37(28)19-20-5-3-2-4-6-20)36-15-13-35(14-16-36)23-9-7-22(30)8-10-23/h2-12,17-18,27H,13-16,19H2,1H3,(H,31,38)/t27-/m1/s1. The molecule has 39 heavy (non-hydrogen) atoms. The SMILES string of the molecule is COc1ccc2[nH]c(=O)c([C@H](c3nnnn3Cc3ccccc3)N3CCN(c4ccc(F)cc4)CC3)cc2c1. The van der Waals surface area contributed by atoms with Crippen LogP contribution in [0.15, 0.2) is 83.7 Å². The smallest absolute Gasteiger partial charge is 0.253 e. The Labute approximate surface area is 224 Å². The van der Waals surface area contributed by atoms with Crippen molar-refractivity contribution in [3.8, 4) is 5.75 Å². The monoisotopic (exact) mass is 525 g/mol. The summed E-state index contributed by atoms with van der Waals surface area (Å²) in [5.74, 6) is 1.05. The molecule has 3 heterocycles. The van der Waals surface area contributed by atoms with Gasteiger partial charge in [-0.1, -0.05) is 30.3 Å². The van der Waals surface area contributed by atoms with Gasteiger partial charge < -0.3 is 14.6 Å². The number of aromatic amines is 1. The molecule has 6 rings (SSSR count). The van der Waals surface area contributed by atoms with Crippen molar-refractivity contribution in [1.82, 2.24) is 30.1 Å². The molecular formula is C29H28FN7O2. The van der Waals surface area contributed by atoms with E-state index in [9.17, 15) is 9.18 Å². The van der Waals surface area contributed by atoms with Gasteiger partial charge in [0.2, 0.25) is 0 Å². The molecule has 0 unspecified atom stereocenters. The van der Waals surface area contributed by atoms with Gasteiger partial charge in [-0.15, -0.1) is 5.10 Å². The van der Waals surface area contributed by atoms with Crippen LogP contribution in [0.2, 0.25) is 0 Å². The molecule has 5 aromatic rings. The van der Waals surface area contributed by atoms with Crippen molar-refractivity contribution in [1.29, 1.82) is 0 Å². The Balaban J connectivity index is 1.39. The summed E-state index contributed by atoms with van der Waals surface area (Å²) in [4.78, 5) is 21.0. The molecule has 0 spiro atoms. The Hall–Kier alpha value is -4.57. The Morgan fingerprint density at radius 1 is 0.974 bits per heavy atom. The van der Waals surface area contributed by atoms with Crippen LogP contribution in [0.1, 0.15) is 23.0 Å². The van der Waals surface area contributed by atoms with E-state index < -0.39 is 6.04 Å². The number of anilines is 1. The molecule has 1 N–H and O–H groups in total. The van der Waals surface area contributed by atoms with E-state index in [1.807, 2.05) is 54.6 Å².